The lowest BCUT2D eigenvalue weighted by Crippen LogP contribution is -1.98. The highest BCUT2D eigenvalue weighted by molar-refractivity contribution is 7.10. The number of nitro groups is 1. The number of nitrogens with one attached hydrogen (secondary N) is 1. The van der Waals surface area contributed by atoms with E-state index in [0.717, 1.165) is 4.88 Å². The zero-order chi connectivity index (χ0) is 13.8. The fourth-order valence-electron chi connectivity index (χ4n) is 1.48. The second-order valence-corrected chi connectivity index (χ2v) is 5.09. The first kappa shape index (κ1) is 13.3. The van der Waals surface area contributed by atoms with Crippen molar-refractivity contribution in [3.63, 3.8) is 0 Å². The Labute approximate surface area is 118 Å². The highest BCUT2D eigenvalue weighted by Crippen LogP contribution is 2.27. The van der Waals surface area contributed by atoms with Gasteiger partial charge in [0.1, 0.15) is 6.07 Å². The summed E-state index contributed by atoms with van der Waals surface area (Å²) in [5, 5.41) is 24.4. The Hall–Kier alpha value is -2.10. The van der Waals surface area contributed by atoms with E-state index in [2.05, 4.69) is 11.4 Å². The molecule has 1 heterocycles. The van der Waals surface area contributed by atoms with E-state index in [1.54, 1.807) is 17.5 Å². The molecule has 0 saturated heterocycles. The second kappa shape index (κ2) is 5.69. The summed E-state index contributed by atoms with van der Waals surface area (Å²) in [5.41, 5.74) is 1.20. The third-order valence-corrected chi connectivity index (χ3v) is 3.65. The number of nitrogens with zero attached hydrogens (tertiary/aromatic N) is 2. The molecule has 0 spiro atoms. The van der Waals surface area contributed by atoms with Crippen LogP contribution in [0, 0.1) is 21.4 Å². The monoisotopic (exact) mass is 293 g/mol. The summed E-state index contributed by atoms with van der Waals surface area (Å²) in [5.74, 6) is 0. The molecule has 1 aromatic heterocycles. The normalized spacial score (nSPS) is 9.89. The van der Waals surface area contributed by atoms with Gasteiger partial charge in [-0.3, -0.25) is 10.1 Å². The van der Waals surface area contributed by atoms with Crippen molar-refractivity contribution in [3.8, 4) is 6.07 Å². The fourth-order valence-corrected chi connectivity index (χ4v) is 2.47. The Kier molecular flexibility index (Phi) is 4.00. The summed E-state index contributed by atoms with van der Waals surface area (Å²) in [4.78, 5) is 11.1. The topological polar surface area (TPSA) is 79.0 Å². The first-order chi connectivity index (χ1) is 9.10. The van der Waals surface area contributed by atoms with Crippen LogP contribution in [0.15, 0.2) is 29.6 Å². The van der Waals surface area contributed by atoms with Gasteiger partial charge in [-0.25, -0.2) is 0 Å². The zero-order valence-corrected chi connectivity index (χ0v) is 11.2. The molecule has 7 heteroatoms. The molecule has 1 N–H and O–H groups in total. The summed E-state index contributed by atoms with van der Waals surface area (Å²) in [7, 11) is 0. The van der Waals surface area contributed by atoms with Crippen molar-refractivity contribution in [2.24, 2.45) is 0 Å². The maximum absolute atomic E-state index is 10.6. The lowest BCUT2D eigenvalue weighted by atomic mass is 10.2. The highest BCUT2D eigenvalue weighted by Gasteiger charge is 2.09. The molecular formula is C12H8ClN3O2S. The van der Waals surface area contributed by atoms with Crippen LogP contribution < -0.4 is 5.32 Å². The fraction of sp³-hybridized carbons (Fsp3) is 0.0833. The van der Waals surface area contributed by atoms with Gasteiger partial charge in [0, 0.05) is 28.9 Å². The van der Waals surface area contributed by atoms with Gasteiger partial charge in [0.15, 0.2) is 0 Å². The number of non-ortho nitro benzene ring substituents is 1. The summed E-state index contributed by atoms with van der Waals surface area (Å²) in [6, 6.07) is 8.11. The maximum Gasteiger partial charge on any atom is 0.271 e. The highest BCUT2D eigenvalue weighted by atomic mass is 35.5. The van der Waals surface area contributed by atoms with Crippen LogP contribution in [-0.4, -0.2) is 4.92 Å². The molecule has 0 aliphatic carbocycles. The van der Waals surface area contributed by atoms with Crippen molar-refractivity contribution in [3.05, 3.63) is 55.2 Å². The van der Waals surface area contributed by atoms with E-state index in [-0.39, 0.29) is 5.69 Å². The number of thiophene rings is 1. The minimum absolute atomic E-state index is 0.0431. The number of anilines is 1. The molecule has 96 valence electrons. The zero-order valence-electron chi connectivity index (χ0n) is 9.59. The summed E-state index contributed by atoms with van der Waals surface area (Å²) < 4.78 is 0. The smallest absolute Gasteiger partial charge is 0.271 e. The third kappa shape index (κ3) is 3.22. The number of nitriles is 1. The van der Waals surface area contributed by atoms with E-state index in [1.807, 2.05) is 0 Å². The van der Waals surface area contributed by atoms with Gasteiger partial charge in [-0.1, -0.05) is 11.6 Å². The lowest BCUT2D eigenvalue weighted by molar-refractivity contribution is -0.384. The summed E-state index contributed by atoms with van der Waals surface area (Å²) in [6.45, 7) is 0.518. The van der Waals surface area contributed by atoms with E-state index < -0.39 is 4.92 Å². The minimum Gasteiger partial charge on any atom is -0.379 e. The predicted octanol–water partition coefficient (Wildman–Crippen LogP) is 3.79. The quantitative estimate of drug-likeness (QED) is 0.687. The number of rotatable bonds is 4. The van der Waals surface area contributed by atoms with Crippen molar-refractivity contribution in [1.29, 1.82) is 5.26 Å². The van der Waals surface area contributed by atoms with Gasteiger partial charge in [0.25, 0.3) is 5.69 Å². The van der Waals surface area contributed by atoms with E-state index in [9.17, 15) is 10.1 Å². The molecule has 0 radical (unpaired) electrons. The van der Waals surface area contributed by atoms with Gasteiger partial charge in [-0.15, -0.1) is 11.3 Å². The van der Waals surface area contributed by atoms with Crippen LogP contribution in [-0.2, 0) is 6.54 Å². The van der Waals surface area contributed by atoms with E-state index in [4.69, 9.17) is 16.9 Å². The van der Waals surface area contributed by atoms with Crippen LogP contribution in [0.25, 0.3) is 0 Å². The van der Waals surface area contributed by atoms with Gasteiger partial charge >= 0.3 is 0 Å². The Balaban J connectivity index is 2.07. The molecule has 0 fully saturated rings. The predicted molar refractivity (Wildman–Crippen MR) is 74.5 cm³/mol. The Morgan fingerprint density at radius 1 is 1.47 bits per heavy atom. The Morgan fingerprint density at radius 2 is 2.26 bits per heavy atom. The average Bonchev–Trinajstić information content (AvgIpc) is 2.85. The number of halogens is 1. The van der Waals surface area contributed by atoms with Crippen LogP contribution in [0.2, 0.25) is 5.02 Å². The van der Waals surface area contributed by atoms with Crippen molar-refractivity contribution in [2.45, 2.75) is 6.54 Å². The van der Waals surface area contributed by atoms with Crippen LogP contribution in [0.1, 0.15) is 10.4 Å². The van der Waals surface area contributed by atoms with E-state index >= 15 is 0 Å². The van der Waals surface area contributed by atoms with Crippen molar-refractivity contribution < 1.29 is 4.92 Å². The molecule has 0 unspecified atom stereocenters. The molecule has 19 heavy (non-hydrogen) atoms. The minimum atomic E-state index is -0.492. The van der Waals surface area contributed by atoms with Gasteiger partial charge < -0.3 is 5.32 Å². The SMILES string of the molecule is N#Cc1csc(CNc2ccc([N+](=O)[O-])cc2Cl)c1. The molecule has 0 atom stereocenters. The largest absolute Gasteiger partial charge is 0.379 e. The molecule has 0 bridgehead atoms. The van der Waals surface area contributed by atoms with Gasteiger partial charge in [-0.2, -0.15) is 5.26 Å². The standard InChI is InChI=1S/C12H8ClN3O2S/c13-11-4-9(16(17)18)1-2-12(11)15-6-10-3-8(5-14)7-19-10/h1-4,7,15H,6H2. The lowest BCUT2D eigenvalue weighted by Gasteiger charge is -2.06. The molecule has 0 amide bonds. The number of hydrogen-bond donors (Lipinski definition) is 1. The molecule has 0 aliphatic heterocycles. The number of benzene rings is 1. The van der Waals surface area contributed by atoms with Crippen LogP contribution in [0.5, 0.6) is 0 Å². The van der Waals surface area contributed by atoms with Crippen molar-refractivity contribution >= 4 is 34.3 Å². The van der Waals surface area contributed by atoms with Gasteiger partial charge in [0.2, 0.25) is 0 Å². The van der Waals surface area contributed by atoms with Crippen LogP contribution in [0.3, 0.4) is 0 Å². The molecule has 5 nitrogen and oxygen atoms in total. The molecule has 0 aliphatic rings. The molecule has 0 saturated carbocycles. The Morgan fingerprint density at radius 3 is 2.84 bits per heavy atom. The second-order valence-electron chi connectivity index (χ2n) is 3.69. The van der Waals surface area contributed by atoms with Gasteiger partial charge in [0.05, 0.1) is 21.2 Å². The van der Waals surface area contributed by atoms with E-state index in [1.165, 1.54) is 23.5 Å². The summed E-state index contributed by atoms with van der Waals surface area (Å²) in [6.07, 6.45) is 0. The van der Waals surface area contributed by atoms with Gasteiger partial charge in [-0.05, 0) is 12.1 Å². The molecule has 2 rings (SSSR count). The van der Waals surface area contributed by atoms with Crippen LogP contribution in [0.4, 0.5) is 11.4 Å². The van der Waals surface area contributed by atoms with Crippen LogP contribution >= 0.6 is 22.9 Å². The molecule has 2 aromatic rings. The molecule has 1 aromatic carbocycles. The first-order valence-electron chi connectivity index (χ1n) is 5.25. The number of nitro benzene ring substituents is 1. The Bertz CT molecular complexity index is 663. The third-order valence-electron chi connectivity index (χ3n) is 2.40. The first-order valence-corrected chi connectivity index (χ1v) is 6.51. The molecular weight excluding hydrogens is 286 g/mol. The summed E-state index contributed by atoms with van der Waals surface area (Å²) >= 11 is 7.43. The maximum atomic E-state index is 10.6. The van der Waals surface area contributed by atoms with E-state index in [0.29, 0.717) is 22.8 Å². The average molecular weight is 294 g/mol. The number of hydrogen-bond acceptors (Lipinski definition) is 5. The van der Waals surface area contributed by atoms with Crippen molar-refractivity contribution in [2.75, 3.05) is 5.32 Å². The van der Waals surface area contributed by atoms with Crippen molar-refractivity contribution in [1.82, 2.24) is 0 Å².